The van der Waals surface area contributed by atoms with Crippen molar-refractivity contribution in [3.8, 4) is 0 Å². The van der Waals surface area contributed by atoms with Gasteiger partial charge in [-0.05, 0) is 160 Å². The third-order valence-electron chi connectivity index (χ3n) is 19.3. The maximum atomic E-state index is 13.3. The minimum atomic E-state index is 0.987. The maximum Gasteiger partial charge on any atom is 0.215 e. The number of allylic oxidation sites excluding steroid dienone is 4. The Morgan fingerprint density at radius 2 is 0.524 bits per heavy atom. The van der Waals surface area contributed by atoms with E-state index >= 15 is 0 Å². The molecule has 2 heteroatoms. The van der Waals surface area contributed by atoms with Crippen molar-refractivity contribution in [3.63, 3.8) is 0 Å². The maximum absolute atomic E-state index is 13.3. The van der Waals surface area contributed by atoms with E-state index in [1.807, 2.05) is 0 Å². The van der Waals surface area contributed by atoms with Gasteiger partial charge in [-0.2, -0.15) is 0 Å². The highest BCUT2D eigenvalue weighted by Crippen LogP contribution is 2.45. The molecular formula is C82H142N2. The van der Waals surface area contributed by atoms with Gasteiger partial charge in [0.15, 0.2) is 0 Å². The number of hydrogen-bond acceptors (Lipinski definition) is 0. The number of nitrogens with zero attached hydrogens (tertiary/aromatic N) is 2. The van der Waals surface area contributed by atoms with Crippen LogP contribution in [0.5, 0.6) is 0 Å². The second-order valence-electron chi connectivity index (χ2n) is 27.0. The molecule has 0 aliphatic carbocycles. The van der Waals surface area contributed by atoms with Crippen LogP contribution in [0.2, 0.25) is 0 Å². The van der Waals surface area contributed by atoms with E-state index in [9.17, 15) is 5.53 Å². The highest BCUT2D eigenvalue weighted by Gasteiger charge is 2.36. The fourth-order valence-electron chi connectivity index (χ4n) is 13.8. The summed E-state index contributed by atoms with van der Waals surface area (Å²) in [4.78, 5) is 0. The van der Waals surface area contributed by atoms with Crippen LogP contribution >= 0.6 is 0 Å². The zero-order chi connectivity index (χ0) is 60.3. The lowest BCUT2D eigenvalue weighted by Gasteiger charge is -2.20. The van der Waals surface area contributed by atoms with Crippen LogP contribution in [0.25, 0.3) is 16.9 Å². The van der Waals surface area contributed by atoms with E-state index < -0.39 is 0 Å². The second-order valence-corrected chi connectivity index (χ2v) is 27.0. The van der Waals surface area contributed by atoms with Crippen LogP contribution in [0.3, 0.4) is 0 Å². The third kappa shape index (κ3) is 32.0. The molecule has 1 aliphatic rings. The highest BCUT2D eigenvalue weighted by molar-refractivity contribution is 5.85. The van der Waals surface area contributed by atoms with Crippen LogP contribution in [0.1, 0.15) is 421 Å². The largest absolute Gasteiger partial charge is 0.493 e. The van der Waals surface area contributed by atoms with E-state index in [0.29, 0.717) is 0 Å². The Hall–Kier alpha value is -2.74. The summed E-state index contributed by atoms with van der Waals surface area (Å²) >= 11 is 0. The van der Waals surface area contributed by atoms with Gasteiger partial charge in [-0.1, -0.05) is 324 Å². The minimum absolute atomic E-state index is 0.987. The van der Waals surface area contributed by atoms with Crippen molar-refractivity contribution in [1.29, 1.82) is 0 Å². The number of benzene rings is 2. The summed E-state index contributed by atoms with van der Waals surface area (Å²) in [6.07, 6.45) is 79.2. The molecule has 0 radical (unpaired) electrons. The average Bonchev–Trinajstić information content (AvgIpc) is 2.03. The van der Waals surface area contributed by atoms with Gasteiger partial charge in [0.1, 0.15) is 0 Å². The molecule has 0 fully saturated rings. The van der Waals surface area contributed by atoms with Crippen LogP contribution in [-0.4, -0.2) is 4.70 Å². The quantitative estimate of drug-likeness (QED) is 0.0466. The van der Waals surface area contributed by atoms with Crippen molar-refractivity contribution in [2.24, 2.45) is 0 Å². The lowest BCUT2D eigenvalue weighted by molar-refractivity contribution is -0.345. The molecule has 2 aromatic carbocycles. The van der Waals surface area contributed by atoms with Crippen LogP contribution in [0.4, 0.5) is 0 Å². The summed E-state index contributed by atoms with van der Waals surface area (Å²) in [5.41, 5.74) is 30.0. The summed E-state index contributed by atoms with van der Waals surface area (Å²) in [7, 11) is 0. The summed E-state index contributed by atoms with van der Waals surface area (Å²) in [5, 5.41) is 0. The Morgan fingerprint density at radius 3 is 0.821 bits per heavy atom. The van der Waals surface area contributed by atoms with Gasteiger partial charge in [0.25, 0.3) is 0 Å². The molecule has 0 saturated heterocycles. The Labute approximate surface area is 525 Å². The van der Waals surface area contributed by atoms with E-state index in [1.165, 1.54) is 330 Å². The zero-order valence-corrected chi connectivity index (χ0v) is 58.0. The Kier molecular flexibility index (Phi) is 46.9. The summed E-state index contributed by atoms with van der Waals surface area (Å²) < 4.78 is 1.73. The first-order chi connectivity index (χ1) is 41.4. The van der Waals surface area contributed by atoms with Crippen molar-refractivity contribution in [2.75, 3.05) is 0 Å². The molecule has 0 saturated carbocycles. The van der Waals surface area contributed by atoms with Gasteiger partial charge in [-0.25, -0.2) is 4.70 Å². The molecule has 84 heavy (non-hydrogen) atoms. The molecule has 0 N–H and O–H groups in total. The third-order valence-corrected chi connectivity index (χ3v) is 19.3. The number of aryl methyl sites for hydroxylation is 4. The standard InChI is InChI=1S/C82H142N2/c1-9-17-25-28-31-32-33-34-35-36-37-38-39-40-41-42-43-44-45-46-47-48-49-50-51-52-55-58-66-80-79(63-24-16-8)81(75-67-71(59-20-12-4)77(72(68-75)60-21-13-5)64-56-53-29-26-18-10-2)84(83)82(80)76-69-73(61-22-14-6)78(74(70-76)62-23-15-7)65-57-54-30-27-19-11-3/h58,66-70H,9-57,59-65H2,1-8H3. The number of unbranched alkanes of at least 4 members (excludes halogenated alkanes) is 41. The number of hydrogen-bond donors (Lipinski definition) is 0. The summed E-state index contributed by atoms with van der Waals surface area (Å²) in [6.45, 7) is 18.7. The molecule has 0 aromatic heterocycles. The van der Waals surface area contributed by atoms with Gasteiger partial charge in [-0.15, -0.1) is 0 Å². The average molecular weight is 1160 g/mol. The van der Waals surface area contributed by atoms with Crippen molar-refractivity contribution < 1.29 is 4.70 Å². The normalized spacial score (nSPS) is 12.9. The van der Waals surface area contributed by atoms with Gasteiger partial charge in [0.05, 0.1) is 5.57 Å². The zero-order valence-electron chi connectivity index (χ0n) is 58.0. The second kappa shape index (κ2) is 52.2. The van der Waals surface area contributed by atoms with Crippen LogP contribution in [0, 0.1) is 0 Å². The molecule has 1 aliphatic heterocycles. The van der Waals surface area contributed by atoms with E-state index in [4.69, 9.17) is 0 Å². The molecule has 2 aromatic rings. The first kappa shape index (κ1) is 75.5. The van der Waals surface area contributed by atoms with Gasteiger partial charge in [0.2, 0.25) is 11.4 Å². The molecule has 480 valence electrons. The van der Waals surface area contributed by atoms with Crippen LogP contribution < -0.4 is 0 Å². The lowest BCUT2D eigenvalue weighted by atomic mass is 9.86. The Morgan fingerprint density at radius 1 is 0.274 bits per heavy atom. The minimum Gasteiger partial charge on any atom is -0.493 e. The molecule has 1 heterocycles. The molecule has 0 atom stereocenters. The first-order valence-electron chi connectivity index (χ1n) is 38.4. The highest BCUT2D eigenvalue weighted by atomic mass is 15.2. The van der Waals surface area contributed by atoms with E-state index in [0.717, 1.165) is 62.8 Å². The Bertz CT molecular complexity index is 1970. The van der Waals surface area contributed by atoms with Crippen molar-refractivity contribution in [2.45, 2.75) is 415 Å². The van der Waals surface area contributed by atoms with Crippen LogP contribution in [-0.2, 0) is 38.5 Å². The van der Waals surface area contributed by atoms with Gasteiger partial charge >= 0.3 is 0 Å². The topological polar surface area (TPSA) is 25.3 Å². The smallest absolute Gasteiger partial charge is 0.215 e. The molecule has 0 unspecified atom stereocenters. The van der Waals surface area contributed by atoms with Gasteiger partial charge in [-0.3, -0.25) is 0 Å². The molecule has 0 spiro atoms. The Balaban J connectivity index is 1.78. The molecule has 3 rings (SSSR count). The summed E-state index contributed by atoms with van der Waals surface area (Å²) in [5.74, 6) is 0. The fraction of sp³-hybridized carbons (Fsp3) is 0.780. The van der Waals surface area contributed by atoms with Gasteiger partial charge < -0.3 is 5.53 Å². The first-order valence-corrected chi connectivity index (χ1v) is 38.4. The summed E-state index contributed by atoms with van der Waals surface area (Å²) in [6, 6.07) is 10.3. The lowest BCUT2D eigenvalue weighted by Crippen LogP contribution is -2.09. The number of rotatable bonds is 59. The van der Waals surface area contributed by atoms with Crippen molar-refractivity contribution in [3.05, 3.63) is 97.6 Å². The van der Waals surface area contributed by atoms with E-state index in [-0.39, 0.29) is 0 Å². The molecule has 0 bridgehead atoms. The van der Waals surface area contributed by atoms with Crippen molar-refractivity contribution in [1.82, 2.24) is 0 Å². The van der Waals surface area contributed by atoms with E-state index in [2.05, 4.69) is 91.8 Å². The SMILES string of the molecule is CCCCCCCCCCCCCCCCCCCCCCCCCCCCC=CC1=C(c2cc(CCCC)c(CCCCCCCC)c(CCCC)c2)[N+](=[N-])C(c2cc(CCCC)c(CCCCCCCC)c(CCCC)c2)=C1CCCC. The predicted molar refractivity (Wildman–Crippen MR) is 378 cm³/mol. The van der Waals surface area contributed by atoms with Gasteiger partial charge in [0, 0.05) is 16.7 Å². The molecular weight excluding hydrogens is 1010 g/mol. The molecule has 2 nitrogen and oxygen atoms in total. The predicted octanol–water partition coefficient (Wildman–Crippen LogP) is 28.3. The fourth-order valence-corrected chi connectivity index (χ4v) is 13.8. The monoisotopic (exact) mass is 1160 g/mol. The van der Waals surface area contributed by atoms with Crippen molar-refractivity contribution >= 4 is 11.4 Å². The molecule has 0 amide bonds. The van der Waals surface area contributed by atoms with Crippen LogP contribution in [0.15, 0.2) is 47.6 Å². The van der Waals surface area contributed by atoms with E-state index in [1.54, 1.807) is 38.1 Å².